The highest BCUT2D eigenvalue weighted by Gasteiger charge is 2.31. The Kier molecular flexibility index (Phi) is 5.46. The van der Waals surface area contributed by atoms with Gasteiger partial charge in [0.05, 0.1) is 22.5 Å². The third kappa shape index (κ3) is 3.96. The molecule has 1 saturated carbocycles. The van der Waals surface area contributed by atoms with Crippen LogP contribution in [0.25, 0.3) is 22.3 Å². The second kappa shape index (κ2) is 7.86. The van der Waals surface area contributed by atoms with Gasteiger partial charge in [-0.25, -0.2) is 17.5 Å². The fourth-order valence-electron chi connectivity index (χ4n) is 3.76. The van der Waals surface area contributed by atoms with E-state index in [1.807, 2.05) is 4.57 Å². The summed E-state index contributed by atoms with van der Waals surface area (Å²) in [5, 5.41) is 10.3. The minimum absolute atomic E-state index is 0.0816. The maximum absolute atomic E-state index is 14.3. The predicted octanol–water partition coefficient (Wildman–Crippen LogP) is 4.59. The summed E-state index contributed by atoms with van der Waals surface area (Å²) >= 11 is 0. The number of nitrogens with zero attached hydrogens (tertiary/aromatic N) is 3. The molecule has 0 unspecified atom stereocenters. The van der Waals surface area contributed by atoms with Crippen molar-refractivity contribution in [2.75, 3.05) is 6.54 Å². The number of hydrogen-bond donors (Lipinski definition) is 1. The van der Waals surface area contributed by atoms with Gasteiger partial charge in [0.15, 0.2) is 0 Å². The summed E-state index contributed by atoms with van der Waals surface area (Å²) < 4.78 is 79.1. The van der Waals surface area contributed by atoms with Gasteiger partial charge in [0, 0.05) is 17.6 Å². The molecule has 4 rings (SSSR count). The van der Waals surface area contributed by atoms with Crippen LogP contribution in [0.2, 0.25) is 0 Å². The highest BCUT2D eigenvalue weighted by Crippen LogP contribution is 2.42. The number of pyridine rings is 1. The number of rotatable bonds is 5. The molecule has 0 spiro atoms. The fraction of sp³-hybridized carbons (Fsp3) is 0.333. The van der Waals surface area contributed by atoms with Gasteiger partial charge in [-0.2, -0.15) is 18.4 Å². The van der Waals surface area contributed by atoms with Crippen LogP contribution in [-0.2, 0) is 10.0 Å². The Labute approximate surface area is 181 Å². The lowest BCUT2D eigenvalue weighted by Crippen LogP contribution is -2.33. The lowest BCUT2D eigenvalue weighted by atomic mass is 9.92. The van der Waals surface area contributed by atoms with Gasteiger partial charge in [-0.1, -0.05) is 0 Å². The number of sulfonamides is 1. The van der Waals surface area contributed by atoms with Crippen LogP contribution in [0.15, 0.2) is 35.4 Å². The van der Waals surface area contributed by atoms with Crippen molar-refractivity contribution in [3.63, 3.8) is 0 Å². The number of nitrogens with one attached hydrogen (secondary N) is 1. The van der Waals surface area contributed by atoms with Crippen molar-refractivity contribution in [2.24, 2.45) is 0 Å². The molecule has 0 aliphatic heterocycles. The number of hydrogen-bond acceptors (Lipinski definition) is 4. The second-order valence-corrected chi connectivity index (χ2v) is 9.49. The van der Waals surface area contributed by atoms with Gasteiger partial charge in [0.1, 0.15) is 23.3 Å². The first-order chi connectivity index (χ1) is 15.0. The molecule has 1 aliphatic rings. The van der Waals surface area contributed by atoms with Crippen LogP contribution in [-0.4, -0.2) is 30.7 Å². The zero-order chi connectivity index (χ0) is 23.3. The van der Waals surface area contributed by atoms with Gasteiger partial charge in [-0.3, -0.25) is 4.98 Å². The van der Waals surface area contributed by atoms with Gasteiger partial charge in [0.25, 0.3) is 0 Å². The van der Waals surface area contributed by atoms with Gasteiger partial charge in [0.2, 0.25) is 10.0 Å². The SMILES string of the molecule is Cc1cc2c(cc1F)c(C#N)c(-c1ccc(S(=O)(=O)NCC(F)(F)F)cn1)n2C1CCC1. The Morgan fingerprint density at radius 2 is 2.00 bits per heavy atom. The number of halogens is 4. The molecule has 6 nitrogen and oxygen atoms in total. The Bertz CT molecular complexity index is 1340. The predicted molar refractivity (Wildman–Crippen MR) is 109 cm³/mol. The van der Waals surface area contributed by atoms with Crippen molar-refractivity contribution in [3.8, 4) is 17.5 Å². The summed E-state index contributed by atoms with van der Waals surface area (Å²) in [4.78, 5) is 3.71. The third-order valence-corrected chi connectivity index (χ3v) is 6.97. The first-order valence-electron chi connectivity index (χ1n) is 9.79. The fourth-order valence-corrected chi connectivity index (χ4v) is 4.72. The van der Waals surface area contributed by atoms with Crippen LogP contribution in [0.3, 0.4) is 0 Å². The van der Waals surface area contributed by atoms with Crippen LogP contribution in [0.5, 0.6) is 0 Å². The highest BCUT2D eigenvalue weighted by molar-refractivity contribution is 7.89. The van der Waals surface area contributed by atoms with E-state index >= 15 is 0 Å². The molecular weight excluding hydrogens is 448 g/mol. The molecule has 168 valence electrons. The zero-order valence-electron chi connectivity index (χ0n) is 16.9. The maximum atomic E-state index is 14.3. The minimum atomic E-state index is -4.70. The molecule has 1 fully saturated rings. The third-order valence-electron chi connectivity index (χ3n) is 5.59. The molecule has 2 heterocycles. The van der Waals surface area contributed by atoms with Crippen LogP contribution in [0.4, 0.5) is 17.6 Å². The normalized spacial score (nSPS) is 15.0. The molecule has 0 saturated heterocycles. The molecule has 0 bridgehead atoms. The summed E-state index contributed by atoms with van der Waals surface area (Å²) in [5.74, 6) is -0.448. The summed E-state index contributed by atoms with van der Waals surface area (Å²) in [6.07, 6.45) is -1.01. The van der Waals surface area contributed by atoms with Crippen molar-refractivity contribution in [1.82, 2.24) is 14.3 Å². The van der Waals surface area contributed by atoms with Crippen molar-refractivity contribution >= 4 is 20.9 Å². The van der Waals surface area contributed by atoms with E-state index < -0.39 is 33.5 Å². The molecule has 32 heavy (non-hydrogen) atoms. The van der Waals surface area contributed by atoms with E-state index in [0.717, 1.165) is 31.5 Å². The smallest absolute Gasteiger partial charge is 0.335 e. The molecule has 2 aromatic heterocycles. The summed E-state index contributed by atoms with van der Waals surface area (Å²) in [6.45, 7) is -0.0685. The van der Waals surface area contributed by atoms with Gasteiger partial charge in [-0.15, -0.1) is 0 Å². The van der Waals surface area contributed by atoms with Gasteiger partial charge in [-0.05, 0) is 56.0 Å². The molecule has 0 amide bonds. The molecule has 3 aromatic rings. The lowest BCUT2D eigenvalue weighted by molar-refractivity contribution is -0.121. The number of benzene rings is 1. The van der Waals surface area contributed by atoms with Crippen molar-refractivity contribution in [3.05, 3.63) is 47.4 Å². The molecule has 1 aliphatic carbocycles. The van der Waals surface area contributed by atoms with E-state index in [4.69, 9.17) is 0 Å². The molecule has 0 radical (unpaired) electrons. The van der Waals surface area contributed by atoms with E-state index in [1.54, 1.807) is 13.0 Å². The Balaban J connectivity index is 1.82. The van der Waals surface area contributed by atoms with Gasteiger partial charge < -0.3 is 4.57 Å². The zero-order valence-corrected chi connectivity index (χ0v) is 17.7. The van der Waals surface area contributed by atoms with E-state index in [2.05, 4.69) is 11.1 Å². The molecule has 0 atom stereocenters. The van der Waals surface area contributed by atoms with Crippen molar-refractivity contribution < 1.29 is 26.0 Å². The number of alkyl halides is 3. The topological polar surface area (TPSA) is 87.8 Å². The number of aromatic nitrogens is 2. The lowest BCUT2D eigenvalue weighted by Gasteiger charge is -2.30. The number of aryl methyl sites for hydroxylation is 1. The van der Waals surface area contributed by atoms with E-state index in [-0.39, 0.29) is 17.3 Å². The second-order valence-electron chi connectivity index (χ2n) is 7.73. The number of nitriles is 1. The van der Waals surface area contributed by atoms with Crippen LogP contribution < -0.4 is 4.72 Å². The first kappa shape index (κ1) is 22.2. The van der Waals surface area contributed by atoms with E-state index in [9.17, 15) is 31.2 Å². The highest BCUT2D eigenvalue weighted by atomic mass is 32.2. The van der Waals surface area contributed by atoms with Crippen molar-refractivity contribution in [2.45, 2.75) is 43.3 Å². The van der Waals surface area contributed by atoms with Crippen LogP contribution >= 0.6 is 0 Å². The number of fused-ring (bicyclic) bond motifs is 1. The molecule has 11 heteroatoms. The average molecular weight is 466 g/mol. The Hall–Kier alpha value is -2.97. The quantitative estimate of drug-likeness (QED) is 0.558. The maximum Gasteiger partial charge on any atom is 0.402 e. The van der Waals surface area contributed by atoms with Crippen LogP contribution in [0.1, 0.15) is 36.4 Å². The van der Waals surface area contributed by atoms with E-state index in [1.165, 1.54) is 16.9 Å². The van der Waals surface area contributed by atoms with Gasteiger partial charge >= 0.3 is 6.18 Å². The summed E-state index contributed by atoms with van der Waals surface area (Å²) in [7, 11) is -4.42. The largest absolute Gasteiger partial charge is 0.402 e. The van der Waals surface area contributed by atoms with Crippen molar-refractivity contribution in [1.29, 1.82) is 5.26 Å². The minimum Gasteiger partial charge on any atom is -0.335 e. The molecule has 1 aromatic carbocycles. The van der Waals surface area contributed by atoms with Crippen LogP contribution in [0, 0.1) is 24.1 Å². The average Bonchev–Trinajstić information content (AvgIpc) is 2.98. The Morgan fingerprint density at radius 1 is 1.28 bits per heavy atom. The standard InChI is InChI=1S/C21H18F4N4O2S/c1-12-7-19-15(8-17(12)22)16(9-26)20(29(19)13-3-2-4-13)18-6-5-14(10-27-18)32(30,31)28-11-21(23,24)25/h5-8,10,13,28H,2-4,11H2,1H3. The Morgan fingerprint density at radius 3 is 2.53 bits per heavy atom. The monoisotopic (exact) mass is 466 g/mol. The molecule has 1 N–H and O–H groups in total. The van der Waals surface area contributed by atoms with E-state index in [0.29, 0.717) is 22.2 Å². The summed E-state index contributed by atoms with van der Waals surface area (Å²) in [5.41, 5.74) is 2.04. The summed E-state index contributed by atoms with van der Waals surface area (Å²) in [6, 6.07) is 7.65. The molecular formula is C21H18F4N4O2S. The first-order valence-corrected chi connectivity index (χ1v) is 11.3.